The number of ether oxygens (including phenoxy) is 4. The fraction of sp³-hybridized carbons (Fsp3) is 0.238. The fourth-order valence-electron chi connectivity index (χ4n) is 6.23. The summed E-state index contributed by atoms with van der Waals surface area (Å²) in [6, 6.07) is 22.3. The molecule has 2 aliphatic heterocycles. The Labute approximate surface area is 314 Å². The summed E-state index contributed by atoms with van der Waals surface area (Å²) in [5.74, 6) is 1.69. The predicted octanol–water partition coefficient (Wildman–Crippen LogP) is 9.27. The van der Waals surface area contributed by atoms with Gasteiger partial charge in [0.1, 0.15) is 23.0 Å². The summed E-state index contributed by atoms with van der Waals surface area (Å²) in [5.41, 5.74) is 6.36. The van der Waals surface area contributed by atoms with Crippen LogP contribution in [-0.2, 0) is 9.47 Å². The molecule has 0 spiro atoms. The lowest BCUT2D eigenvalue weighted by molar-refractivity contribution is -0.107. The van der Waals surface area contributed by atoms with Gasteiger partial charge in [0.25, 0.3) is 0 Å². The Hall–Kier alpha value is -5.55. The standard InChI is InChI=1S/C26H28N2O4.C16H12N2O2.ClH/c1-3-13-29-25(9-1)31-23-15-22(20-8-6-12-28-18-20)24(32-26-10-2-4-14-30-26)16-21(23)19-7-5-11-27-17-19;19-15-8-14(12-4-2-6-18-10-12)16(20)7-13(15)11-3-1-5-17-9-11;/h5-8,11-12,15-18,25-26H,1-4,9-10,13-14H2;1-10,19-20H;1H. The molecule has 0 aliphatic carbocycles. The maximum Gasteiger partial charge on any atom is 0.199 e. The predicted molar refractivity (Wildman–Crippen MR) is 205 cm³/mol. The second-order valence-corrected chi connectivity index (χ2v) is 12.5. The number of phenols is 2. The minimum Gasteiger partial charge on any atom is -0.507 e. The van der Waals surface area contributed by atoms with Gasteiger partial charge in [-0.3, -0.25) is 19.9 Å². The molecule has 2 fully saturated rings. The number of aromatic nitrogens is 4. The zero-order valence-electron chi connectivity index (χ0n) is 29.1. The van der Waals surface area contributed by atoms with Gasteiger partial charge in [0, 0.05) is 107 Å². The van der Waals surface area contributed by atoms with Gasteiger partial charge in [-0.15, -0.1) is 12.4 Å². The molecule has 10 nitrogen and oxygen atoms in total. The SMILES string of the molecule is Cl.Oc1cc(-c2cccnc2)c(O)cc1-c1cccnc1.c1cncc(-c2cc(OC3CCCCO3)c(-c3cccnc3)cc2OC2CCCCO2)c1. The molecule has 0 amide bonds. The maximum absolute atomic E-state index is 10.2. The van der Waals surface area contributed by atoms with Crippen LogP contribution in [0.25, 0.3) is 44.5 Å². The van der Waals surface area contributed by atoms with Crippen LogP contribution in [0.15, 0.2) is 122 Å². The molecule has 11 heteroatoms. The number of benzene rings is 2. The summed E-state index contributed by atoms with van der Waals surface area (Å²) >= 11 is 0. The number of pyridine rings is 4. The lowest BCUT2D eigenvalue weighted by Gasteiger charge is -2.27. The Kier molecular flexibility index (Phi) is 12.8. The molecule has 53 heavy (non-hydrogen) atoms. The number of aromatic hydroxyl groups is 2. The summed E-state index contributed by atoms with van der Waals surface area (Å²) < 4.78 is 24.5. The molecule has 2 atom stereocenters. The van der Waals surface area contributed by atoms with E-state index in [4.69, 9.17) is 18.9 Å². The van der Waals surface area contributed by atoms with E-state index >= 15 is 0 Å². The molecule has 2 unspecified atom stereocenters. The number of hydrogen-bond donors (Lipinski definition) is 2. The van der Waals surface area contributed by atoms with Gasteiger partial charge in [0.15, 0.2) is 12.6 Å². The number of phenolic OH excluding ortho intramolecular Hbond substituents is 2. The molecule has 272 valence electrons. The first-order chi connectivity index (χ1) is 25.6. The first-order valence-corrected chi connectivity index (χ1v) is 17.5. The average molecular weight is 733 g/mol. The van der Waals surface area contributed by atoms with Crippen LogP contribution in [0.4, 0.5) is 0 Å². The zero-order valence-corrected chi connectivity index (χ0v) is 29.9. The fourth-order valence-corrected chi connectivity index (χ4v) is 6.23. The van der Waals surface area contributed by atoms with Crippen LogP contribution in [-0.4, -0.2) is 55.9 Å². The van der Waals surface area contributed by atoms with E-state index in [9.17, 15) is 10.2 Å². The Morgan fingerprint density at radius 1 is 0.491 bits per heavy atom. The van der Waals surface area contributed by atoms with Gasteiger partial charge in [-0.1, -0.05) is 24.3 Å². The molecular weight excluding hydrogens is 692 g/mol. The van der Waals surface area contributed by atoms with E-state index in [0.29, 0.717) is 11.1 Å². The molecule has 2 aliphatic rings. The number of halogens is 1. The zero-order chi connectivity index (χ0) is 35.5. The van der Waals surface area contributed by atoms with Gasteiger partial charge in [0.2, 0.25) is 0 Å². The van der Waals surface area contributed by atoms with Crippen molar-refractivity contribution in [3.8, 4) is 67.5 Å². The van der Waals surface area contributed by atoms with E-state index < -0.39 is 0 Å². The molecule has 2 saturated heterocycles. The largest absolute Gasteiger partial charge is 0.507 e. The molecule has 6 aromatic rings. The Balaban J connectivity index is 0.000000197. The van der Waals surface area contributed by atoms with Crippen LogP contribution in [0.1, 0.15) is 38.5 Å². The number of nitrogens with zero attached hydrogens (tertiary/aromatic N) is 4. The van der Waals surface area contributed by atoms with Crippen molar-refractivity contribution < 1.29 is 29.2 Å². The number of rotatable bonds is 8. The summed E-state index contributed by atoms with van der Waals surface area (Å²) in [6.07, 6.45) is 19.4. The van der Waals surface area contributed by atoms with Crippen molar-refractivity contribution in [2.45, 2.75) is 51.1 Å². The molecule has 8 rings (SSSR count). The third-order valence-corrected chi connectivity index (χ3v) is 8.88. The molecule has 2 N–H and O–H groups in total. The molecule has 2 aromatic carbocycles. The van der Waals surface area contributed by atoms with E-state index in [1.165, 1.54) is 12.1 Å². The normalized spacial score (nSPS) is 16.7. The van der Waals surface area contributed by atoms with Crippen molar-refractivity contribution in [1.29, 1.82) is 0 Å². The second-order valence-electron chi connectivity index (χ2n) is 12.5. The van der Waals surface area contributed by atoms with Crippen molar-refractivity contribution in [2.75, 3.05) is 13.2 Å². The van der Waals surface area contributed by atoms with Gasteiger partial charge in [-0.25, -0.2) is 0 Å². The van der Waals surface area contributed by atoms with Crippen molar-refractivity contribution in [1.82, 2.24) is 19.9 Å². The third kappa shape index (κ3) is 9.47. The molecule has 0 saturated carbocycles. The van der Waals surface area contributed by atoms with Crippen LogP contribution >= 0.6 is 12.4 Å². The molecule has 0 bridgehead atoms. The first kappa shape index (κ1) is 37.2. The maximum atomic E-state index is 10.2. The number of hydrogen-bond acceptors (Lipinski definition) is 10. The van der Waals surface area contributed by atoms with E-state index in [0.717, 1.165) is 96.6 Å². The van der Waals surface area contributed by atoms with Gasteiger partial charge < -0.3 is 29.2 Å². The van der Waals surface area contributed by atoms with Crippen molar-refractivity contribution >= 4 is 12.4 Å². The minimum absolute atomic E-state index is 0. The lowest BCUT2D eigenvalue weighted by Crippen LogP contribution is -2.26. The smallest absolute Gasteiger partial charge is 0.199 e. The van der Waals surface area contributed by atoms with E-state index in [1.807, 2.05) is 60.9 Å². The van der Waals surface area contributed by atoms with Crippen LogP contribution in [0.3, 0.4) is 0 Å². The van der Waals surface area contributed by atoms with Crippen molar-refractivity contribution in [2.24, 2.45) is 0 Å². The summed E-state index contributed by atoms with van der Waals surface area (Å²) in [4.78, 5) is 16.6. The van der Waals surface area contributed by atoms with Crippen LogP contribution < -0.4 is 9.47 Å². The van der Waals surface area contributed by atoms with Gasteiger partial charge in [-0.05, 0) is 74.2 Å². The molecule has 6 heterocycles. The van der Waals surface area contributed by atoms with Gasteiger partial charge in [-0.2, -0.15) is 0 Å². The molecule has 0 radical (unpaired) electrons. The summed E-state index contributed by atoms with van der Waals surface area (Å²) in [5, 5.41) is 20.3. The summed E-state index contributed by atoms with van der Waals surface area (Å²) in [7, 11) is 0. The Morgan fingerprint density at radius 3 is 1.15 bits per heavy atom. The topological polar surface area (TPSA) is 129 Å². The van der Waals surface area contributed by atoms with Crippen molar-refractivity contribution in [3.63, 3.8) is 0 Å². The highest BCUT2D eigenvalue weighted by atomic mass is 35.5. The minimum atomic E-state index is -0.255. The van der Waals surface area contributed by atoms with E-state index in [2.05, 4.69) is 19.9 Å². The first-order valence-electron chi connectivity index (χ1n) is 17.5. The highest BCUT2D eigenvalue weighted by molar-refractivity contribution is 5.85. The van der Waals surface area contributed by atoms with Gasteiger partial charge >= 0.3 is 0 Å². The van der Waals surface area contributed by atoms with Crippen LogP contribution in [0.5, 0.6) is 23.0 Å². The molecular formula is C42H41ClN4O6. The highest BCUT2D eigenvalue weighted by Gasteiger charge is 2.23. The van der Waals surface area contributed by atoms with Crippen molar-refractivity contribution in [3.05, 3.63) is 122 Å². The van der Waals surface area contributed by atoms with E-state index in [-0.39, 0.29) is 36.5 Å². The summed E-state index contributed by atoms with van der Waals surface area (Å²) in [6.45, 7) is 1.45. The second kappa shape index (κ2) is 18.3. The average Bonchev–Trinajstić information content (AvgIpc) is 3.21. The van der Waals surface area contributed by atoms with Crippen LogP contribution in [0, 0.1) is 0 Å². The molecule has 4 aromatic heterocycles. The monoisotopic (exact) mass is 732 g/mol. The van der Waals surface area contributed by atoms with E-state index in [1.54, 1.807) is 49.3 Å². The highest BCUT2D eigenvalue weighted by Crippen LogP contribution is 2.43. The third-order valence-electron chi connectivity index (χ3n) is 8.88. The Morgan fingerprint density at radius 2 is 0.849 bits per heavy atom. The van der Waals surface area contributed by atoms with Gasteiger partial charge in [0.05, 0.1) is 13.2 Å². The lowest BCUT2D eigenvalue weighted by atomic mass is 9.99. The van der Waals surface area contributed by atoms with Crippen LogP contribution in [0.2, 0.25) is 0 Å². The quantitative estimate of drug-likeness (QED) is 0.146. The Bertz CT molecular complexity index is 1880.